The molecular weight excluding hydrogens is 382 g/mol. The van der Waals surface area contributed by atoms with Crippen molar-refractivity contribution in [2.45, 2.75) is 6.92 Å². The predicted octanol–water partition coefficient (Wildman–Crippen LogP) is 5.09. The molecule has 0 amide bonds. The maximum atomic E-state index is 12.5. The summed E-state index contributed by atoms with van der Waals surface area (Å²) >= 11 is 7.33. The summed E-state index contributed by atoms with van der Waals surface area (Å²) in [5.41, 5.74) is 0.627. The summed E-state index contributed by atoms with van der Waals surface area (Å²) in [6, 6.07) is 16.3. The van der Waals surface area contributed by atoms with E-state index in [1.165, 1.54) is 16.0 Å². The van der Waals surface area contributed by atoms with E-state index in [-0.39, 0.29) is 5.56 Å². The average molecular weight is 396 g/mol. The zero-order chi connectivity index (χ0) is 18.8. The van der Waals surface area contributed by atoms with E-state index >= 15 is 0 Å². The molecule has 0 aliphatic rings. The Morgan fingerprint density at radius 1 is 1.15 bits per heavy atom. The van der Waals surface area contributed by atoms with Crippen molar-refractivity contribution in [3.05, 3.63) is 86.7 Å². The minimum absolute atomic E-state index is 0.177. The number of nitrogens with zero attached hydrogens (tertiary/aromatic N) is 3. The van der Waals surface area contributed by atoms with Crippen molar-refractivity contribution in [1.29, 1.82) is 0 Å². The van der Waals surface area contributed by atoms with Crippen molar-refractivity contribution in [2.75, 3.05) is 0 Å². The molecule has 27 heavy (non-hydrogen) atoms. The van der Waals surface area contributed by atoms with E-state index in [0.717, 1.165) is 10.4 Å². The first-order valence-electron chi connectivity index (χ1n) is 8.15. The maximum absolute atomic E-state index is 12.5. The topological polar surface area (TPSA) is 56.5 Å². The molecule has 2 aromatic carbocycles. The molecule has 0 saturated heterocycles. The number of thiophene rings is 1. The first kappa shape index (κ1) is 17.5. The second-order valence-electron chi connectivity index (χ2n) is 5.79. The van der Waals surface area contributed by atoms with Crippen LogP contribution in [0.5, 0.6) is 11.5 Å². The van der Waals surface area contributed by atoms with Crippen LogP contribution < -0.4 is 10.3 Å². The van der Waals surface area contributed by atoms with Crippen LogP contribution in [0.3, 0.4) is 0 Å². The third kappa shape index (κ3) is 3.77. The van der Waals surface area contributed by atoms with Gasteiger partial charge < -0.3 is 4.74 Å². The molecule has 4 rings (SSSR count). The van der Waals surface area contributed by atoms with E-state index in [9.17, 15) is 4.79 Å². The number of aryl methyl sites for hydroxylation is 1. The van der Waals surface area contributed by atoms with Crippen LogP contribution in [0.4, 0.5) is 0 Å². The molecule has 0 aliphatic heterocycles. The van der Waals surface area contributed by atoms with Gasteiger partial charge in [0, 0.05) is 5.02 Å². The largest absolute Gasteiger partial charge is 0.457 e. The van der Waals surface area contributed by atoms with Crippen molar-refractivity contribution < 1.29 is 4.74 Å². The highest BCUT2D eigenvalue weighted by molar-refractivity contribution is 7.16. The van der Waals surface area contributed by atoms with Crippen molar-refractivity contribution in [3.63, 3.8) is 0 Å². The van der Waals surface area contributed by atoms with Gasteiger partial charge in [0.15, 0.2) is 0 Å². The van der Waals surface area contributed by atoms with E-state index in [4.69, 9.17) is 16.3 Å². The van der Waals surface area contributed by atoms with Crippen LogP contribution in [0, 0.1) is 6.92 Å². The van der Waals surface area contributed by atoms with Crippen molar-refractivity contribution in [2.24, 2.45) is 5.10 Å². The van der Waals surface area contributed by atoms with Crippen LogP contribution in [0.1, 0.15) is 11.4 Å². The van der Waals surface area contributed by atoms with Crippen LogP contribution in [0.15, 0.2) is 69.9 Å². The second kappa shape index (κ2) is 7.34. The Labute approximate surface area is 164 Å². The molecule has 0 spiro atoms. The van der Waals surface area contributed by atoms with E-state index in [0.29, 0.717) is 27.7 Å². The molecule has 134 valence electrons. The standard InChI is InChI=1S/C20H14ClN3O2S/c1-13-23-19-18(9-10-27-19)20(25)24(13)22-12-14-3-2-4-17(11-14)26-16-7-5-15(21)6-8-16/h2-12H,1H3/b22-12-. The van der Waals surface area contributed by atoms with Crippen molar-refractivity contribution >= 4 is 39.4 Å². The smallest absolute Gasteiger partial charge is 0.282 e. The number of rotatable bonds is 4. The Balaban J connectivity index is 1.61. The molecule has 5 nitrogen and oxygen atoms in total. The van der Waals surface area contributed by atoms with Crippen LogP contribution in [0.25, 0.3) is 10.2 Å². The lowest BCUT2D eigenvalue weighted by molar-refractivity contribution is 0.482. The van der Waals surface area contributed by atoms with Crippen LogP contribution in [-0.2, 0) is 0 Å². The number of fused-ring (bicyclic) bond motifs is 1. The fourth-order valence-corrected chi connectivity index (χ4v) is 3.49. The molecule has 0 unspecified atom stereocenters. The Bertz CT molecular complexity index is 1200. The highest BCUT2D eigenvalue weighted by Gasteiger charge is 2.08. The predicted molar refractivity (Wildman–Crippen MR) is 110 cm³/mol. The number of halogens is 1. The van der Waals surface area contributed by atoms with E-state index < -0.39 is 0 Å². The first-order chi connectivity index (χ1) is 13.1. The third-order valence-corrected chi connectivity index (χ3v) is 4.93. The molecule has 0 radical (unpaired) electrons. The maximum Gasteiger partial charge on any atom is 0.282 e. The van der Waals surface area contributed by atoms with Gasteiger partial charge in [-0.3, -0.25) is 4.79 Å². The normalized spacial score (nSPS) is 11.3. The van der Waals surface area contributed by atoms with E-state index in [2.05, 4.69) is 10.1 Å². The Kier molecular flexibility index (Phi) is 4.75. The average Bonchev–Trinajstić information content (AvgIpc) is 3.12. The molecule has 0 N–H and O–H groups in total. The lowest BCUT2D eigenvalue weighted by Gasteiger charge is -2.06. The Morgan fingerprint density at radius 3 is 2.78 bits per heavy atom. The van der Waals surface area contributed by atoms with Gasteiger partial charge in [-0.1, -0.05) is 23.7 Å². The summed E-state index contributed by atoms with van der Waals surface area (Å²) in [4.78, 5) is 17.7. The van der Waals surface area contributed by atoms with Crippen LogP contribution in [-0.4, -0.2) is 15.9 Å². The molecule has 2 heterocycles. The van der Waals surface area contributed by atoms with Gasteiger partial charge in [0.25, 0.3) is 5.56 Å². The minimum atomic E-state index is -0.177. The zero-order valence-electron chi connectivity index (χ0n) is 14.3. The molecule has 0 atom stereocenters. The number of aromatic nitrogens is 2. The summed E-state index contributed by atoms with van der Waals surface area (Å²) in [6.07, 6.45) is 1.61. The Hall–Kier alpha value is -2.96. The molecule has 0 aliphatic carbocycles. The fourth-order valence-electron chi connectivity index (χ4n) is 2.56. The third-order valence-electron chi connectivity index (χ3n) is 3.87. The summed E-state index contributed by atoms with van der Waals surface area (Å²) in [5.74, 6) is 1.89. The number of hydrogen-bond acceptors (Lipinski definition) is 5. The summed E-state index contributed by atoms with van der Waals surface area (Å²) in [7, 11) is 0. The van der Waals surface area contributed by atoms with Gasteiger partial charge >= 0.3 is 0 Å². The van der Waals surface area contributed by atoms with Gasteiger partial charge in [-0.25, -0.2) is 4.98 Å². The second-order valence-corrected chi connectivity index (χ2v) is 7.12. The van der Waals surface area contributed by atoms with Gasteiger partial charge in [-0.15, -0.1) is 11.3 Å². The number of ether oxygens (including phenoxy) is 1. The summed E-state index contributed by atoms with van der Waals surface area (Å²) in [6.45, 7) is 1.76. The summed E-state index contributed by atoms with van der Waals surface area (Å²) in [5, 5.41) is 7.39. The molecule has 2 aromatic heterocycles. The zero-order valence-corrected chi connectivity index (χ0v) is 15.9. The van der Waals surface area contributed by atoms with Gasteiger partial charge in [-0.05, 0) is 60.3 Å². The van der Waals surface area contributed by atoms with Gasteiger partial charge in [0.05, 0.1) is 11.6 Å². The van der Waals surface area contributed by atoms with Gasteiger partial charge in [-0.2, -0.15) is 9.78 Å². The highest BCUT2D eigenvalue weighted by atomic mass is 35.5. The quantitative estimate of drug-likeness (QED) is 0.452. The number of benzene rings is 2. The minimum Gasteiger partial charge on any atom is -0.457 e. The van der Waals surface area contributed by atoms with Crippen LogP contribution in [0.2, 0.25) is 5.02 Å². The van der Waals surface area contributed by atoms with Crippen molar-refractivity contribution in [1.82, 2.24) is 9.66 Å². The van der Waals surface area contributed by atoms with E-state index in [1.54, 1.807) is 43.5 Å². The summed E-state index contributed by atoms with van der Waals surface area (Å²) < 4.78 is 7.13. The first-order valence-corrected chi connectivity index (χ1v) is 9.40. The monoisotopic (exact) mass is 395 g/mol. The van der Waals surface area contributed by atoms with Gasteiger partial charge in [0.2, 0.25) is 0 Å². The highest BCUT2D eigenvalue weighted by Crippen LogP contribution is 2.23. The van der Waals surface area contributed by atoms with E-state index in [1.807, 2.05) is 29.6 Å². The molecule has 0 bridgehead atoms. The van der Waals surface area contributed by atoms with Crippen LogP contribution >= 0.6 is 22.9 Å². The molecular formula is C20H14ClN3O2S. The lowest BCUT2D eigenvalue weighted by Crippen LogP contribution is -2.19. The van der Waals surface area contributed by atoms with Crippen molar-refractivity contribution in [3.8, 4) is 11.5 Å². The molecule has 0 saturated carbocycles. The number of hydrogen-bond donors (Lipinski definition) is 0. The molecule has 7 heteroatoms. The SMILES string of the molecule is Cc1nc2sccc2c(=O)n1/N=C\c1cccc(Oc2ccc(Cl)cc2)c1. The Morgan fingerprint density at radius 2 is 1.96 bits per heavy atom. The van der Waals surface area contributed by atoms with Gasteiger partial charge in [0.1, 0.15) is 22.2 Å². The fraction of sp³-hybridized carbons (Fsp3) is 0.0500. The lowest BCUT2D eigenvalue weighted by atomic mass is 10.2. The molecule has 4 aromatic rings. The molecule has 0 fully saturated rings.